The van der Waals surface area contributed by atoms with Crippen LogP contribution in [0.5, 0.6) is 0 Å². The van der Waals surface area contributed by atoms with Crippen molar-refractivity contribution in [1.29, 1.82) is 0 Å². The molecule has 50 heavy (non-hydrogen) atoms. The zero-order chi connectivity index (χ0) is 34.8. The lowest BCUT2D eigenvalue weighted by Gasteiger charge is -2.23. The molecule has 4 aromatic heterocycles. The highest BCUT2D eigenvalue weighted by molar-refractivity contribution is 5.83. The number of rotatable bonds is 9. The van der Waals surface area contributed by atoms with Crippen LogP contribution in [0.3, 0.4) is 0 Å². The third kappa shape index (κ3) is 6.63. The molecular formula is C37H39N7O6. The van der Waals surface area contributed by atoms with Crippen LogP contribution < -0.4 is 5.32 Å². The van der Waals surface area contributed by atoms with Crippen molar-refractivity contribution in [3.8, 4) is 22.3 Å². The smallest absolute Gasteiger partial charge is 0.407 e. The molecule has 2 aliphatic heterocycles. The van der Waals surface area contributed by atoms with E-state index in [1.807, 2.05) is 50.5 Å². The van der Waals surface area contributed by atoms with Crippen molar-refractivity contribution in [2.45, 2.75) is 50.6 Å². The number of amides is 3. The molecule has 0 spiro atoms. The minimum absolute atomic E-state index is 0.0536. The van der Waals surface area contributed by atoms with E-state index in [0.717, 1.165) is 70.6 Å². The van der Waals surface area contributed by atoms with Crippen LogP contribution in [0.2, 0.25) is 0 Å². The van der Waals surface area contributed by atoms with Gasteiger partial charge < -0.3 is 33.4 Å². The molecule has 258 valence electrons. The first-order valence-electron chi connectivity index (χ1n) is 16.9. The number of pyridine rings is 2. The molecule has 2 atom stereocenters. The van der Waals surface area contributed by atoms with Gasteiger partial charge in [-0.1, -0.05) is 24.3 Å². The Morgan fingerprint density at radius 1 is 0.660 bits per heavy atom. The normalized spacial score (nSPS) is 17.4. The van der Waals surface area contributed by atoms with E-state index in [2.05, 4.69) is 46.6 Å². The molecular weight excluding hydrogens is 638 g/mol. The van der Waals surface area contributed by atoms with Gasteiger partial charge in [-0.15, -0.1) is 0 Å². The summed E-state index contributed by atoms with van der Waals surface area (Å²) in [7, 11) is 2.60. The number of likely N-dealkylation sites (tertiary alicyclic amines) is 2. The first kappa shape index (κ1) is 32.8. The molecule has 0 unspecified atom stereocenters. The van der Waals surface area contributed by atoms with E-state index in [9.17, 15) is 19.2 Å². The zero-order valence-electron chi connectivity index (χ0n) is 28.1. The van der Waals surface area contributed by atoms with E-state index in [-0.39, 0.29) is 49.3 Å². The molecule has 13 nitrogen and oxygen atoms in total. The average Bonchev–Trinajstić information content (AvgIpc) is 3.97. The maximum absolute atomic E-state index is 12.9. The highest BCUT2D eigenvalue weighted by atomic mass is 16.5. The van der Waals surface area contributed by atoms with E-state index >= 15 is 0 Å². The van der Waals surface area contributed by atoms with Gasteiger partial charge in [0.15, 0.2) is 0 Å². The molecule has 0 saturated carbocycles. The first-order valence-corrected chi connectivity index (χ1v) is 16.9. The topological polar surface area (TPSA) is 140 Å². The van der Waals surface area contributed by atoms with E-state index in [1.54, 1.807) is 4.90 Å². The fourth-order valence-corrected chi connectivity index (χ4v) is 7.06. The lowest BCUT2D eigenvalue weighted by atomic mass is 10.0. The summed E-state index contributed by atoms with van der Waals surface area (Å²) in [5.74, 6) is -0.599. The van der Waals surface area contributed by atoms with Gasteiger partial charge in [-0.2, -0.15) is 0 Å². The van der Waals surface area contributed by atoms with Crippen molar-refractivity contribution in [1.82, 2.24) is 33.9 Å². The van der Waals surface area contributed by atoms with E-state index in [4.69, 9.17) is 14.7 Å². The molecule has 2 fully saturated rings. The number of imidazole rings is 2. The number of nitrogens with zero attached hydrogens (tertiary/aromatic N) is 6. The summed E-state index contributed by atoms with van der Waals surface area (Å²) in [5.41, 5.74) is 7.47. The molecule has 2 aliphatic rings. The van der Waals surface area contributed by atoms with Gasteiger partial charge in [-0.05, 0) is 72.2 Å². The number of alkyl carbamates (subject to hydrolysis) is 1. The quantitative estimate of drug-likeness (QED) is 0.216. The molecule has 1 N–H and O–H groups in total. The summed E-state index contributed by atoms with van der Waals surface area (Å²) < 4.78 is 13.3. The minimum Gasteiger partial charge on any atom is -0.469 e. The van der Waals surface area contributed by atoms with Gasteiger partial charge in [-0.3, -0.25) is 14.4 Å². The third-order valence-electron chi connectivity index (χ3n) is 9.66. The van der Waals surface area contributed by atoms with Crippen molar-refractivity contribution in [3.05, 3.63) is 84.7 Å². The number of carbonyl (C=O) groups is 4. The van der Waals surface area contributed by atoms with Crippen LogP contribution in [0.25, 0.3) is 33.5 Å². The van der Waals surface area contributed by atoms with Gasteiger partial charge in [0.2, 0.25) is 11.8 Å². The number of ether oxygens (including phenoxy) is 2. The van der Waals surface area contributed by atoms with Gasteiger partial charge >= 0.3 is 12.1 Å². The van der Waals surface area contributed by atoms with Gasteiger partial charge in [0, 0.05) is 44.3 Å². The Balaban J connectivity index is 1.05. The van der Waals surface area contributed by atoms with Crippen molar-refractivity contribution >= 4 is 35.2 Å². The molecule has 5 aromatic rings. The summed E-state index contributed by atoms with van der Waals surface area (Å²) >= 11 is 0. The lowest BCUT2D eigenvalue weighted by molar-refractivity contribution is -0.143. The average molecular weight is 678 g/mol. The van der Waals surface area contributed by atoms with E-state index in [1.165, 1.54) is 14.2 Å². The second kappa shape index (κ2) is 14.0. The van der Waals surface area contributed by atoms with Crippen molar-refractivity contribution < 1.29 is 28.7 Å². The highest BCUT2D eigenvalue weighted by Crippen LogP contribution is 2.34. The number of hydrogen-bond acceptors (Lipinski definition) is 8. The predicted molar refractivity (Wildman–Crippen MR) is 184 cm³/mol. The summed E-state index contributed by atoms with van der Waals surface area (Å²) in [4.78, 5) is 62.0. The second-order valence-corrected chi connectivity index (χ2v) is 12.7. The Kier molecular flexibility index (Phi) is 9.20. The van der Waals surface area contributed by atoms with Gasteiger partial charge in [-0.25, -0.2) is 14.8 Å². The maximum atomic E-state index is 12.9. The number of aromatic nitrogens is 4. The molecule has 2 saturated heterocycles. The van der Waals surface area contributed by atoms with Crippen LogP contribution in [0.1, 0.15) is 62.0 Å². The summed E-state index contributed by atoms with van der Waals surface area (Å²) in [6.45, 7) is 1.16. The highest BCUT2D eigenvalue weighted by Gasteiger charge is 2.33. The Hall–Kier alpha value is -5.72. The van der Waals surface area contributed by atoms with Crippen LogP contribution in [0, 0.1) is 0 Å². The molecule has 0 bridgehead atoms. The number of nitrogens with one attached hydrogen (secondary N) is 1. The Morgan fingerprint density at radius 3 is 1.66 bits per heavy atom. The van der Waals surface area contributed by atoms with Crippen LogP contribution in [0.4, 0.5) is 4.79 Å². The van der Waals surface area contributed by atoms with Crippen LogP contribution >= 0.6 is 0 Å². The Morgan fingerprint density at radius 2 is 1.16 bits per heavy atom. The number of carbonyl (C=O) groups excluding carboxylic acids is 4. The summed E-state index contributed by atoms with van der Waals surface area (Å²) in [6.07, 6.45) is 11.1. The zero-order valence-corrected chi connectivity index (χ0v) is 28.1. The third-order valence-corrected chi connectivity index (χ3v) is 9.66. The number of esters is 1. The Bertz CT molecular complexity index is 1920. The van der Waals surface area contributed by atoms with Crippen molar-refractivity contribution in [3.63, 3.8) is 0 Å². The molecule has 0 aliphatic carbocycles. The van der Waals surface area contributed by atoms with E-state index < -0.39 is 6.09 Å². The van der Waals surface area contributed by atoms with Crippen LogP contribution in [-0.4, -0.2) is 86.3 Å². The number of benzene rings is 1. The van der Waals surface area contributed by atoms with Crippen LogP contribution in [-0.2, 0) is 23.9 Å². The fraction of sp³-hybridized carbons (Fsp3) is 0.351. The molecule has 7 rings (SSSR count). The van der Waals surface area contributed by atoms with Crippen molar-refractivity contribution in [2.75, 3.05) is 33.9 Å². The van der Waals surface area contributed by atoms with E-state index in [0.29, 0.717) is 13.1 Å². The number of hydrogen-bond donors (Lipinski definition) is 1. The van der Waals surface area contributed by atoms with Gasteiger partial charge in [0.1, 0.15) is 17.8 Å². The molecule has 3 amide bonds. The van der Waals surface area contributed by atoms with Crippen molar-refractivity contribution in [2.24, 2.45) is 0 Å². The molecule has 1 aromatic carbocycles. The first-order chi connectivity index (χ1) is 24.3. The predicted octanol–water partition coefficient (Wildman–Crippen LogP) is 4.95. The second-order valence-electron chi connectivity index (χ2n) is 12.7. The summed E-state index contributed by atoms with van der Waals surface area (Å²) in [5, 5.41) is 2.47. The lowest BCUT2D eigenvalue weighted by Crippen LogP contribution is -2.39. The SMILES string of the molecule is COC(=O)CCC(=O)N1CCC[C@@H]1c1cn2cc(-c3ccc(-c4ccc5nc([C@H]6CCCN6C(=O)CNC(=O)OC)cn5c4)cc3)ccc2n1. The standard InChI is InChI=1S/C37H39N7O6/c1-49-36(47)16-15-34(45)43-17-3-5-30(43)28-22-41-20-26(11-13-32(41)39-28)24-7-9-25(10-8-24)27-12-14-33-40-29(23-42(33)21-27)31-6-4-18-44(31)35(46)19-38-37(48)50-2/h7-14,20-23,30-31H,3-6,15-19H2,1-2H3,(H,38,48)/t30-,31-/m1/s1. The monoisotopic (exact) mass is 677 g/mol. The maximum Gasteiger partial charge on any atom is 0.407 e. The molecule has 13 heteroatoms. The fourth-order valence-electron chi connectivity index (χ4n) is 7.06. The molecule has 0 radical (unpaired) electrons. The minimum atomic E-state index is -0.631. The number of fused-ring (bicyclic) bond motifs is 2. The Labute approximate surface area is 288 Å². The largest absolute Gasteiger partial charge is 0.469 e. The molecule has 6 heterocycles. The number of methoxy groups -OCH3 is 2. The summed E-state index contributed by atoms with van der Waals surface area (Å²) in [6, 6.07) is 16.2. The van der Waals surface area contributed by atoms with Crippen LogP contribution in [0.15, 0.2) is 73.3 Å². The van der Waals surface area contributed by atoms with Gasteiger partial charge in [0.25, 0.3) is 0 Å². The van der Waals surface area contributed by atoms with Gasteiger partial charge in [0.05, 0.1) is 44.1 Å².